The minimum Gasteiger partial charge on any atom is -0.508 e. The Hall–Kier alpha value is -8.56. The first kappa shape index (κ1) is 56.4. The minimum atomic E-state index is -1.13. The summed E-state index contributed by atoms with van der Waals surface area (Å²) in [7, 11) is 2.38. The van der Waals surface area contributed by atoms with E-state index >= 15 is 0 Å². The lowest BCUT2D eigenvalue weighted by molar-refractivity contribution is -0.143. The molecule has 74 heavy (non-hydrogen) atoms. The number of nitrogens with one attached hydrogen (secondary N) is 6. The number of halogens is 2. The Morgan fingerprint density at radius 3 is 1.53 bits per heavy atom. The standard InChI is InChI=1S/C25H28FN5O5S.C25H24FN5O5S/c2*1-14-21(23(34)31-19(24(35)36-3)13-28-22(33)20-7-5-9-37-20)15(2)30-25(29-14)27-8-4-6-16-10-17(26)12-18(32)11-16/h5,7,9-12,19,32H,4,6,8,13H2,1-3H3,(H,28,33)(H,31,34)(H,27,29,30);5,7,9-12,19,32H,8,13H2,1-3H3,(H,28,33)(H,31,34)(H,27,29,30)/t2*19-/m00/s1. The second-order valence-corrected chi connectivity index (χ2v) is 17.8. The van der Waals surface area contributed by atoms with E-state index in [1.807, 2.05) is 0 Å². The van der Waals surface area contributed by atoms with Crippen LogP contribution in [0.5, 0.6) is 11.5 Å². The predicted molar refractivity (Wildman–Crippen MR) is 271 cm³/mol. The van der Waals surface area contributed by atoms with Crippen LogP contribution in [-0.4, -0.2) is 118 Å². The SMILES string of the molecule is COC(=O)[C@H](CNC(=O)c1cccs1)NC(=O)c1c(C)nc(NCC#Cc2cc(O)cc(F)c2)nc1C.COC(=O)[C@H](CNC(=O)c1cccs1)NC(=O)c1c(C)nc(NCCCc2cc(O)cc(F)c2)nc1C. The molecule has 0 saturated carbocycles. The summed E-state index contributed by atoms with van der Waals surface area (Å²) in [6.45, 7) is 6.80. The van der Waals surface area contributed by atoms with Gasteiger partial charge in [0.1, 0.15) is 35.2 Å². The monoisotopic (exact) mass is 1050 g/mol. The normalized spacial score (nSPS) is 11.2. The van der Waals surface area contributed by atoms with E-state index in [4.69, 9.17) is 9.47 Å². The Morgan fingerprint density at radius 1 is 0.635 bits per heavy atom. The molecular weight excluding hydrogens is 1000 g/mol. The van der Waals surface area contributed by atoms with Crippen LogP contribution in [0.2, 0.25) is 0 Å². The number of amides is 4. The summed E-state index contributed by atoms with van der Waals surface area (Å²) in [5, 5.41) is 38.8. The fraction of sp³-hybridized carbons (Fsp3) is 0.280. The number of ether oxygens (including phenoxy) is 2. The molecule has 24 heteroatoms. The molecule has 6 aromatic rings. The van der Waals surface area contributed by atoms with E-state index in [0.29, 0.717) is 69.0 Å². The molecular formula is C50H52F2N10O10S2. The van der Waals surface area contributed by atoms with E-state index in [2.05, 4.69) is 63.7 Å². The van der Waals surface area contributed by atoms with Crippen molar-refractivity contribution < 1.29 is 57.2 Å². The summed E-state index contributed by atoms with van der Waals surface area (Å²) in [6.07, 6.45) is 1.17. The average Bonchev–Trinajstić information content (AvgIpc) is 4.10. The number of carbonyl (C=O) groups excluding carboxylic acids is 6. The van der Waals surface area contributed by atoms with Crippen molar-refractivity contribution in [2.45, 2.75) is 52.6 Å². The predicted octanol–water partition coefficient (Wildman–Crippen LogP) is 4.91. The minimum absolute atomic E-state index is 0.120. The number of thiophene rings is 2. The summed E-state index contributed by atoms with van der Waals surface area (Å²) in [5.74, 6) is 1.25. The van der Waals surface area contributed by atoms with Gasteiger partial charge in [0.2, 0.25) is 11.9 Å². The van der Waals surface area contributed by atoms with Gasteiger partial charge in [0.05, 0.1) is 64.4 Å². The second kappa shape index (κ2) is 27.3. The van der Waals surface area contributed by atoms with Gasteiger partial charge in [0, 0.05) is 37.3 Å². The van der Waals surface area contributed by atoms with Crippen molar-refractivity contribution in [2.75, 3.05) is 51.0 Å². The number of anilines is 2. The van der Waals surface area contributed by atoms with Crippen LogP contribution in [0.3, 0.4) is 0 Å². The summed E-state index contributed by atoms with van der Waals surface area (Å²) < 4.78 is 36.3. The van der Waals surface area contributed by atoms with Crippen molar-refractivity contribution in [1.82, 2.24) is 41.2 Å². The molecule has 20 nitrogen and oxygen atoms in total. The third-order valence-corrected chi connectivity index (χ3v) is 12.1. The van der Waals surface area contributed by atoms with Gasteiger partial charge >= 0.3 is 11.9 Å². The van der Waals surface area contributed by atoms with Crippen LogP contribution >= 0.6 is 22.7 Å². The van der Waals surface area contributed by atoms with Crippen molar-refractivity contribution in [3.05, 3.63) is 138 Å². The molecule has 0 aliphatic heterocycles. The van der Waals surface area contributed by atoms with E-state index in [-0.39, 0.29) is 60.0 Å². The summed E-state index contributed by atoms with van der Waals surface area (Å²) in [6, 6.07) is 12.0. The molecule has 0 unspecified atom stereocenters. The molecule has 388 valence electrons. The quantitative estimate of drug-likeness (QED) is 0.0304. The number of phenolic OH excluding ortho intramolecular Hbond substituents is 2. The van der Waals surface area contributed by atoms with Crippen LogP contribution in [0.1, 0.15) is 80.4 Å². The molecule has 0 aliphatic rings. The second-order valence-electron chi connectivity index (χ2n) is 15.9. The molecule has 0 saturated heterocycles. The van der Waals surface area contributed by atoms with E-state index in [0.717, 1.165) is 12.1 Å². The number of hydrogen-bond donors (Lipinski definition) is 8. The van der Waals surface area contributed by atoms with Crippen LogP contribution < -0.4 is 31.9 Å². The van der Waals surface area contributed by atoms with Crippen molar-refractivity contribution in [3.63, 3.8) is 0 Å². The topological polar surface area (TPSA) is 285 Å². The van der Waals surface area contributed by atoms with Gasteiger partial charge in [-0.1, -0.05) is 24.0 Å². The lowest BCUT2D eigenvalue weighted by atomic mass is 10.1. The van der Waals surface area contributed by atoms with Gasteiger partial charge in [-0.05, 0) is 93.3 Å². The Labute approximate surface area is 431 Å². The number of nitrogens with zero attached hydrogens (tertiary/aromatic N) is 4. The van der Waals surface area contributed by atoms with Crippen LogP contribution in [0.25, 0.3) is 0 Å². The third kappa shape index (κ3) is 16.8. The summed E-state index contributed by atoms with van der Waals surface area (Å²) in [4.78, 5) is 93.0. The zero-order valence-electron chi connectivity index (χ0n) is 40.8. The Kier molecular flexibility index (Phi) is 20.8. The number of methoxy groups -OCH3 is 2. The van der Waals surface area contributed by atoms with Gasteiger partial charge in [0.15, 0.2) is 0 Å². The van der Waals surface area contributed by atoms with Crippen molar-refractivity contribution in [1.29, 1.82) is 0 Å². The molecule has 4 heterocycles. The molecule has 2 aromatic carbocycles. The number of rotatable bonds is 19. The van der Waals surface area contributed by atoms with Gasteiger partial charge in [0.25, 0.3) is 23.6 Å². The molecule has 8 N–H and O–H groups in total. The number of aromatic hydroxyl groups is 2. The molecule has 2 atom stereocenters. The highest BCUT2D eigenvalue weighted by molar-refractivity contribution is 7.12. The van der Waals surface area contributed by atoms with Crippen LogP contribution in [-0.2, 0) is 25.5 Å². The summed E-state index contributed by atoms with van der Waals surface area (Å²) >= 11 is 2.50. The van der Waals surface area contributed by atoms with Crippen molar-refractivity contribution in [3.8, 4) is 23.3 Å². The van der Waals surface area contributed by atoms with Gasteiger partial charge in [-0.25, -0.2) is 38.3 Å². The average molecular weight is 1060 g/mol. The van der Waals surface area contributed by atoms with E-state index in [1.54, 1.807) is 62.7 Å². The van der Waals surface area contributed by atoms with Gasteiger partial charge in [-0.2, -0.15) is 0 Å². The molecule has 0 bridgehead atoms. The molecule has 0 aliphatic carbocycles. The third-order valence-electron chi connectivity index (χ3n) is 10.3. The lowest BCUT2D eigenvalue weighted by Crippen LogP contribution is -2.49. The molecule has 6 rings (SSSR count). The van der Waals surface area contributed by atoms with Gasteiger partial charge in [-0.3, -0.25) is 19.2 Å². The highest BCUT2D eigenvalue weighted by atomic mass is 32.1. The Balaban J connectivity index is 0.000000274. The first-order valence-electron chi connectivity index (χ1n) is 22.4. The maximum Gasteiger partial charge on any atom is 0.330 e. The molecule has 4 amide bonds. The Bertz CT molecular complexity index is 2950. The zero-order chi connectivity index (χ0) is 53.9. The van der Waals surface area contributed by atoms with Crippen LogP contribution in [0.4, 0.5) is 20.7 Å². The number of aromatic nitrogens is 4. The lowest BCUT2D eigenvalue weighted by Gasteiger charge is -2.18. The first-order valence-corrected chi connectivity index (χ1v) is 24.2. The number of aryl methyl sites for hydroxylation is 5. The number of esters is 2. The van der Waals surface area contributed by atoms with Gasteiger partial charge < -0.3 is 51.6 Å². The maximum atomic E-state index is 13.4. The van der Waals surface area contributed by atoms with E-state index in [1.165, 1.54) is 61.2 Å². The number of carbonyl (C=O) groups is 6. The largest absolute Gasteiger partial charge is 0.508 e. The van der Waals surface area contributed by atoms with Crippen LogP contribution in [0.15, 0.2) is 71.4 Å². The maximum absolute atomic E-state index is 13.4. The first-order chi connectivity index (χ1) is 35.3. The van der Waals surface area contributed by atoms with E-state index in [9.17, 15) is 47.8 Å². The van der Waals surface area contributed by atoms with Crippen molar-refractivity contribution in [2.24, 2.45) is 0 Å². The highest BCUT2D eigenvalue weighted by Gasteiger charge is 2.27. The fourth-order valence-corrected chi connectivity index (χ4v) is 8.23. The molecule has 0 radical (unpaired) electrons. The highest BCUT2D eigenvalue weighted by Crippen LogP contribution is 2.19. The van der Waals surface area contributed by atoms with Gasteiger partial charge in [-0.15, -0.1) is 22.7 Å². The zero-order valence-corrected chi connectivity index (χ0v) is 42.5. The van der Waals surface area contributed by atoms with Crippen LogP contribution in [0, 0.1) is 51.2 Å². The molecule has 0 fully saturated rings. The number of hydrogen-bond acceptors (Lipinski definition) is 18. The molecule has 0 spiro atoms. The van der Waals surface area contributed by atoms with E-state index < -0.39 is 47.5 Å². The van der Waals surface area contributed by atoms with Crippen molar-refractivity contribution >= 4 is 70.1 Å². The number of phenols is 2. The Morgan fingerprint density at radius 2 is 1.09 bits per heavy atom. The molecule has 4 aromatic heterocycles. The number of benzene rings is 2. The smallest absolute Gasteiger partial charge is 0.330 e. The fourth-order valence-electron chi connectivity index (χ4n) is 6.95. The summed E-state index contributed by atoms with van der Waals surface area (Å²) in [5.41, 5.74) is 2.85.